The van der Waals surface area contributed by atoms with E-state index in [-0.39, 0.29) is 18.3 Å². The number of carbonyl (C=O) groups excluding carboxylic acids is 1. The van der Waals surface area contributed by atoms with Gasteiger partial charge < -0.3 is 23.7 Å². The van der Waals surface area contributed by atoms with Crippen molar-refractivity contribution in [1.29, 1.82) is 0 Å². The summed E-state index contributed by atoms with van der Waals surface area (Å²) in [5.74, 6) is 1.06. The van der Waals surface area contributed by atoms with Crippen molar-refractivity contribution in [2.45, 2.75) is 19.4 Å². The largest absolute Gasteiger partial charge is 0.454 e. The van der Waals surface area contributed by atoms with Gasteiger partial charge in [0.05, 0.1) is 0 Å². The van der Waals surface area contributed by atoms with E-state index >= 15 is 0 Å². The number of benzene rings is 2. The van der Waals surface area contributed by atoms with Crippen molar-refractivity contribution < 1.29 is 18.7 Å². The molecule has 1 aromatic heterocycles. The average Bonchev–Trinajstić information content (AvgIpc) is 3.47. The Bertz CT molecular complexity index is 1170. The lowest BCUT2D eigenvalue weighted by Gasteiger charge is -2.25. The summed E-state index contributed by atoms with van der Waals surface area (Å²) < 4.78 is 16.3. The molecule has 31 heavy (non-hydrogen) atoms. The van der Waals surface area contributed by atoms with Crippen LogP contribution >= 0.6 is 0 Å². The molecule has 0 atom stereocenters. The number of hydrogen-bond donors (Lipinski definition) is 0. The monoisotopic (exact) mass is 420 g/mol. The Balaban J connectivity index is 1.43. The summed E-state index contributed by atoms with van der Waals surface area (Å²) in [6.45, 7) is 3.97. The quantitative estimate of drug-likeness (QED) is 0.570. The lowest BCUT2D eigenvalue weighted by Crippen LogP contribution is -2.39. The number of ether oxygens (including phenoxy) is 2. The van der Waals surface area contributed by atoms with Crippen LogP contribution in [0.3, 0.4) is 0 Å². The van der Waals surface area contributed by atoms with Gasteiger partial charge >= 0.3 is 5.63 Å². The van der Waals surface area contributed by atoms with Crippen LogP contribution in [0.2, 0.25) is 0 Å². The van der Waals surface area contributed by atoms with Crippen LogP contribution in [0.5, 0.6) is 11.5 Å². The molecular weight excluding hydrogens is 396 g/mol. The van der Waals surface area contributed by atoms with E-state index in [9.17, 15) is 9.59 Å². The Kier molecular flexibility index (Phi) is 5.34. The van der Waals surface area contributed by atoms with Gasteiger partial charge in [-0.05, 0) is 55.8 Å². The molecule has 0 bridgehead atoms. The first kappa shape index (κ1) is 19.6. The smallest absolute Gasteiger partial charge is 0.349 e. The molecule has 0 saturated carbocycles. The van der Waals surface area contributed by atoms with Gasteiger partial charge in [-0.25, -0.2) is 4.79 Å². The van der Waals surface area contributed by atoms with Gasteiger partial charge in [0.25, 0.3) is 5.91 Å². The third-order valence-electron chi connectivity index (χ3n) is 5.85. The molecule has 1 amide bonds. The Hall–Kier alpha value is -3.32. The van der Waals surface area contributed by atoms with Gasteiger partial charge in [-0.1, -0.05) is 24.3 Å². The predicted molar refractivity (Wildman–Crippen MR) is 115 cm³/mol. The lowest BCUT2D eigenvalue weighted by atomic mass is 10.1. The fraction of sp³-hybridized carbons (Fsp3) is 0.333. The minimum absolute atomic E-state index is 0.0564. The zero-order valence-electron chi connectivity index (χ0n) is 17.2. The van der Waals surface area contributed by atoms with Crippen LogP contribution in [-0.4, -0.2) is 48.7 Å². The molecule has 0 N–H and O–H groups in total. The molecule has 2 aliphatic heterocycles. The number of hydrogen-bond acceptors (Lipinski definition) is 6. The highest BCUT2D eigenvalue weighted by Gasteiger charge is 2.23. The van der Waals surface area contributed by atoms with Crippen LogP contribution in [0, 0.1) is 0 Å². The van der Waals surface area contributed by atoms with Crippen molar-refractivity contribution in [2.75, 3.05) is 33.0 Å². The number of carbonyl (C=O) groups is 1. The first-order chi connectivity index (χ1) is 15.2. The van der Waals surface area contributed by atoms with Gasteiger partial charge in [-0.15, -0.1) is 0 Å². The van der Waals surface area contributed by atoms with Crippen molar-refractivity contribution in [1.82, 2.24) is 9.80 Å². The number of para-hydroxylation sites is 1. The maximum Gasteiger partial charge on any atom is 0.349 e. The molecule has 3 heterocycles. The van der Waals surface area contributed by atoms with E-state index in [2.05, 4.69) is 4.90 Å². The van der Waals surface area contributed by atoms with Crippen LogP contribution in [0.4, 0.5) is 0 Å². The summed E-state index contributed by atoms with van der Waals surface area (Å²) in [5, 5.41) is 0.730. The second-order valence-corrected chi connectivity index (χ2v) is 7.95. The highest BCUT2D eigenvalue weighted by molar-refractivity contribution is 5.96. The van der Waals surface area contributed by atoms with E-state index in [0.717, 1.165) is 30.6 Å². The number of rotatable bonds is 6. The SMILES string of the molecule is O=C(c1cc2ccccc2oc1=O)N(CCN1CCCC1)Cc1ccc2c(c1)OCO2. The Morgan fingerprint density at radius 3 is 2.68 bits per heavy atom. The van der Waals surface area contributed by atoms with Gasteiger partial charge in [0.1, 0.15) is 11.1 Å². The zero-order chi connectivity index (χ0) is 21.2. The third-order valence-corrected chi connectivity index (χ3v) is 5.85. The molecule has 0 aliphatic carbocycles. The molecule has 7 nitrogen and oxygen atoms in total. The van der Waals surface area contributed by atoms with Gasteiger partial charge in [0, 0.05) is 25.0 Å². The van der Waals surface area contributed by atoms with Crippen molar-refractivity contribution in [3.05, 3.63) is 70.1 Å². The standard InChI is InChI=1S/C24H24N2O5/c27-23(19-14-18-5-1-2-6-20(18)31-24(19)28)26(12-11-25-9-3-4-10-25)15-17-7-8-21-22(13-17)30-16-29-21/h1-2,5-8,13-14H,3-4,9-12,15-16H2. The third kappa shape index (κ3) is 4.14. The second kappa shape index (κ2) is 8.43. The number of nitrogens with zero attached hydrogens (tertiary/aromatic N) is 2. The van der Waals surface area contributed by atoms with Crippen LogP contribution < -0.4 is 15.1 Å². The minimum Gasteiger partial charge on any atom is -0.454 e. The maximum absolute atomic E-state index is 13.4. The van der Waals surface area contributed by atoms with E-state index < -0.39 is 5.63 Å². The highest BCUT2D eigenvalue weighted by Crippen LogP contribution is 2.33. The normalized spacial score (nSPS) is 15.5. The lowest BCUT2D eigenvalue weighted by molar-refractivity contribution is 0.0722. The molecule has 0 radical (unpaired) electrons. The van der Waals surface area contributed by atoms with E-state index in [1.165, 1.54) is 12.8 Å². The van der Waals surface area contributed by atoms with Gasteiger partial charge in [-0.2, -0.15) is 0 Å². The molecule has 1 saturated heterocycles. The molecule has 0 unspecified atom stereocenters. The van der Waals surface area contributed by atoms with Gasteiger partial charge in [0.15, 0.2) is 11.5 Å². The van der Waals surface area contributed by atoms with Crippen LogP contribution in [0.1, 0.15) is 28.8 Å². The summed E-state index contributed by atoms with van der Waals surface area (Å²) in [5.41, 5.74) is 0.842. The molecule has 2 aromatic carbocycles. The molecule has 0 spiro atoms. The van der Waals surface area contributed by atoms with Crippen molar-refractivity contribution >= 4 is 16.9 Å². The summed E-state index contributed by atoms with van der Waals surface area (Å²) in [6.07, 6.45) is 2.37. The zero-order valence-corrected chi connectivity index (χ0v) is 17.2. The van der Waals surface area contributed by atoms with Crippen molar-refractivity contribution in [2.24, 2.45) is 0 Å². The summed E-state index contributed by atoms with van der Waals surface area (Å²) in [4.78, 5) is 30.1. The topological polar surface area (TPSA) is 72.2 Å². The highest BCUT2D eigenvalue weighted by atomic mass is 16.7. The summed E-state index contributed by atoms with van der Waals surface area (Å²) in [6, 6.07) is 14.5. The Morgan fingerprint density at radius 1 is 1.00 bits per heavy atom. The van der Waals surface area contributed by atoms with Gasteiger partial charge in [-0.3, -0.25) is 4.79 Å². The maximum atomic E-state index is 13.4. The van der Waals surface area contributed by atoms with E-state index in [1.54, 1.807) is 23.1 Å². The molecule has 2 aliphatic rings. The predicted octanol–water partition coefficient (Wildman–Crippen LogP) is 3.26. The van der Waals surface area contributed by atoms with E-state index in [0.29, 0.717) is 30.2 Å². The first-order valence-corrected chi connectivity index (χ1v) is 10.6. The van der Waals surface area contributed by atoms with Crippen LogP contribution in [0.15, 0.2) is 57.7 Å². The molecule has 5 rings (SSSR count). The molecule has 160 valence electrons. The molecule has 7 heteroatoms. The van der Waals surface area contributed by atoms with Crippen molar-refractivity contribution in [3.8, 4) is 11.5 Å². The average molecular weight is 420 g/mol. The second-order valence-electron chi connectivity index (χ2n) is 7.95. The molecule has 3 aromatic rings. The Labute approximate surface area is 179 Å². The van der Waals surface area contributed by atoms with Crippen LogP contribution in [0.25, 0.3) is 11.0 Å². The molecular formula is C24H24N2O5. The number of fused-ring (bicyclic) bond motifs is 2. The number of likely N-dealkylation sites (tertiary alicyclic amines) is 1. The Morgan fingerprint density at radius 2 is 1.81 bits per heavy atom. The first-order valence-electron chi connectivity index (χ1n) is 10.6. The van der Waals surface area contributed by atoms with E-state index in [4.69, 9.17) is 13.9 Å². The van der Waals surface area contributed by atoms with E-state index in [1.807, 2.05) is 30.3 Å². The van der Waals surface area contributed by atoms with Crippen LogP contribution in [-0.2, 0) is 6.54 Å². The fourth-order valence-corrected chi connectivity index (χ4v) is 4.16. The minimum atomic E-state index is -0.611. The van der Waals surface area contributed by atoms with Gasteiger partial charge in [0.2, 0.25) is 6.79 Å². The van der Waals surface area contributed by atoms with Crippen molar-refractivity contribution in [3.63, 3.8) is 0 Å². The number of amides is 1. The fourth-order valence-electron chi connectivity index (χ4n) is 4.16. The summed E-state index contributed by atoms with van der Waals surface area (Å²) in [7, 11) is 0. The molecule has 1 fully saturated rings. The summed E-state index contributed by atoms with van der Waals surface area (Å²) >= 11 is 0.